The van der Waals surface area contributed by atoms with Crippen LogP contribution >= 0.6 is 0 Å². The topological polar surface area (TPSA) is 78.4 Å². The van der Waals surface area contributed by atoms with E-state index in [4.69, 9.17) is 0 Å². The Kier molecular flexibility index (Phi) is 5.60. The molecule has 0 saturated carbocycles. The van der Waals surface area contributed by atoms with Crippen molar-refractivity contribution in [2.45, 2.75) is 25.8 Å². The first-order valence-corrected chi connectivity index (χ1v) is 8.72. The fraction of sp³-hybridized carbons (Fsp3) is 0.421. The molecule has 2 atom stereocenters. The Balaban J connectivity index is 1.66. The summed E-state index contributed by atoms with van der Waals surface area (Å²) in [7, 11) is 0. The lowest BCUT2D eigenvalue weighted by atomic mass is 9.89. The molecule has 1 saturated heterocycles. The molecule has 2 aromatic rings. The second kappa shape index (κ2) is 8.07. The van der Waals surface area contributed by atoms with Gasteiger partial charge in [-0.1, -0.05) is 37.3 Å². The predicted octanol–water partition coefficient (Wildman–Crippen LogP) is 2.60. The number of aliphatic carboxylic acids is 1. The van der Waals surface area contributed by atoms with Gasteiger partial charge in [-0.3, -0.25) is 9.69 Å². The number of benzene rings is 1. The highest BCUT2D eigenvalue weighted by Crippen LogP contribution is 2.33. The molecule has 6 nitrogen and oxygen atoms in total. The van der Waals surface area contributed by atoms with Crippen LogP contribution in [0.15, 0.2) is 42.7 Å². The number of carboxylic acids is 1. The summed E-state index contributed by atoms with van der Waals surface area (Å²) in [6, 6.07) is 9.92. The first-order chi connectivity index (χ1) is 12.2. The standard InChI is InChI=1S/C19H24N4O2/c1-2-8-20-19-21-9-14(10-22-19)11-23-12-16(17(13-23)18(24)25)15-6-4-3-5-7-15/h3-7,9-10,16-17H,2,8,11-13H2,1H3,(H,24,25)(H,20,21,22)/t16-,17+/m1/s1. The van der Waals surface area contributed by atoms with E-state index in [1.54, 1.807) is 0 Å². The van der Waals surface area contributed by atoms with Crippen LogP contribution in [-0.2, 0) is 11.3 Å². The van der Waals surface area contributed by atoms with E-state index in [-0.39, 0.29) is 11.8 Å². The van der Waals surface area contributed by atoms with Crippen LogP contribution in [0.1, 0.15) is 30.4 Å². The second-order valence-electron chi connectivity index (χ2n) is 6.50. The Morgan fingerprint density at radius 1 is 1.24 bits per heavy atom. The molecule has 132 valence electrons. The number of hydrogen-bond acceptors (Lipinski definition) is 5. The van der Waals surface area contributed by atoms with Crippen molar-refractivity contribution in [1.82, 2.24) is 14.9 Å². The van der Waals surface area contributed by atoms with E-state index in [0.29, 0.717) is 19.0 Å². The first kappa shape index (κ1) is 17.4. The number of likely N-dealkylation sites (tertiary alicyclic amines) is 1. The number of nitrogens with zero attached hydrogens (tertiary/aromatic N) is 3. The highest BCUT2D eigenvalue weighted by molar-refractivity contribution is 5.72. The Morgan fingerprint density at radius 3 is 2.60 bits per heavy atom. The molecule has 3 rings (SSSR count). The minimum absolute atomic E-state index is 0.0186. The molecule has 0 unspecified atom stereocenters. The molecular weight excluding hydrogens is 316 g/mol. The summed E-state index contributed by atoms with van der Waals surface area (Å²) in [5, 5.41) is 12.7. The molecule has 0 amide bonds. The van der Waals surface area contributed by atoms with Crippen LogP contribution in [0.25, 0.3) is 0 Å². The average Bonchev–Trinajstić information content (AvgIpc) is 3.06. The Hall–Kier alpha value is -2.47. The smallest absolute Gasteiger partial charge is 0.308 e. The highest BCUT2D eigenvalue weighted by Gasteiger charge is 2.38. The summed E-state index contributed by atoms with van der Waals surface area (Å²) in [4.78, 5) is 22.5. The number of carbonyl (C=O) groups is 1. The van der Waals surface area contributed by atoms with Crippen molar-refractivity contribution in [3.8, 4) is 0 Å². The summed E-state index contributed by atoms with van der Waals surface area (Å²) >= 11 is 0. The van der Waals surface area contributed by atoms with Crippen molar-refractivity contribution in [1.29, 1.82) is 0 Å². The zero-order valence-corrected chi connectivity index (χ0v) is 14.4. The van der Waals surface area contributed by atoms with Crippen molar-refractivity contribution in [2.75, 3.05) is 25.0 Å². The molecule has 25 heavy (non-hydrogen) atoms. The monoisotopic (exact) mass is 340 g/mol. The molecule has 1 aromatic carbocycles. The van der Waals surface area contributed by atoms with Crippen molar-refractivity contribution >= 4 is 11.9 Å². The van der Waals surface area contributed by atoms with E-state index >= 15 is 0 Å². The molecular formula is C19H24N4O2. The van der Waals surface area contributed by atoms with E-state index < -0.39 is 5.97 Å². The largest absolute Gasteiger partial charge is 0.481 e. The third-order valence-corrected chi connectivity index (χ3v) is 4.59. The van der Waals surface area contributed by atoms with Crippen LogP contribution in [-0.4, -0.2) is 45.6 Å². The number of aromatic nitrogens is 2. The molecule has 2 heterocycles. The van der Waals surface area contributed by atoms with Gasteiger partial charge in [-0.2, -0.15) is 0 Å². The normalized spacial score (nSPS) is 20.5. The van der Waals surface area contributed by atoms with Gasteiger partial charge in [0.25, 0.3) is 0 Å². The fourth-order valence-corrected chi connectivity index (χ4v) is 3.33. The Morgan fingerprint density at radius 2 is 1.96 bits per heavy atom. The molecule has 0 bridgehead atoms. The number of nitrogens with one attached hydrogen (secondary N) is 1. The quantitative estimate of drug-likeness (QED) is 0.807. The van der Waals surface area contributed by atoms with E-state index in [1.807, 2.05) is 42.7 Å². The average molecular weight is 340 g/mol. The predicted molar refractivity (Wildman–Crippen MR) is 96.4 cm³/mol. The first-order valence-electron chi connectivity index (χ1n) is 8.72. The van der Waals surface area contributed by atoms with Crippen molar-refractivity contribution in [3.63, 3.8) is 0 Å². The van der Waals surface area contributed by atoms with Gasteiger partial charge in [0.2, 0.25) is 5.95 Å². The molecule has 1 aliphatic heterocycles. The number of anilines is 1. The van der Waals surface area contributed by atoms with Gasteiger partial charge in [0.05, 0.1) is 5.92 Å². The fourth-order valence-electron chi connectivity index (χ4n) is 3.33. The maximum Gasteiger partial charge on any atom is 0.308 e. The highest BCUT2D eigenvalue weighted by atomic mass is 16.4. The number of hydrogen-bond donors (Lipinski definition) is 2. The SMILES string of the molecule is CCCNc1ncc(CN2C[C@H](C(=O)O)[C@@H](c3ccccc3)C2)cn1. The van der Waals surface area contributed by atoms with E-state index in [9.17, 15) is 9.90 Å². The van der Waals surface area contributed by atoms with Crippen LogP contribution in [0.2, 0.25) is 0 Å². The maximum atomic E-state index is 11.7. The van der Waals surface area contributed by atoms with Crippen LogP contribution < -0.4 is 5.32 Å². The Labute approximate surface area is 147 Å². The lowest BCUT2D eigenvalue weighted by Crippen LogP contribution is -2.23. The summed E-state index contributed by atoms with van der Waals surface area (Å²) < 4.78 is 0. The van der Waals surface area contributed by atoms with E-state index in [0.717, 1.165) is 30.6 Å². The summed E-state index contributed by atoms with van der Waals surface area (Å²) in [5.41, 5.74) is 2.09. The zero-order chi connectivity index (χ0) is 17.6. The molecule has 6 heteroatoms. The second-order valence-corrected chi connectivity index (χ2v) is 6.50. The summed E-state index contributed by atoms with van der Waals surface area (Å²) in [5.74, 6) is -0.455. The lowest BCUT2D eigenvalue weighted by molar-refractivity contribution is -0.141. The zero-order valence-electron chi connectivity index (χ0n) is 14.4. The molecule has 1 fully saturated rings. The number of rotatable bonds is 7. The van der Waals surface area contributed by atoms with Gasteiger partial charge in [-0.05, 0) is 12.0 Å². The summed E-state index contributed by atoms with van der Waals surface area (Å²) in [6.45, 7) is 4.89. The summed E-state index contributed by atoms with van der Waals surface area (Å²) in [6.07, 6.45) is 4.66. The molecule has 0 aliphatic carbocycles. The van der Waals surface area contributed by atoms with Gasteiger partial charge >= 0.3 is 5.97 Å². The third-order valence-electron chi connectivity index (χ3n) is 4.59. The molecule has 0 spiro atoms. The molecule has 1 aliphatic rings. The van der Waals surface area contributed by atoms with Gasteiger partial charge in [-0.15, -0.1) is 0 Å². The third kappa shape index (κ3) is 4.33. The molecule has 1 aromatic heterocycles. The number of carboxylic acid groups (broad SMARTS) is 1. The van der Waals surface area contributed by atoms with Crippen molar-refractivity contribution in [2.24, 2.45) is 5.92 Å². The van der Waals surface area contributed by atoms with Gasteiger partial charge in [-0.25, -0.2) is 9.97 Å². The maximum absolute atomic E-state index is 11.7. The van der Waals surface area contributed by atoms with Crippen LogP contribution in [0.3, 0.4) is 0 Å². The van der Waals surface area contributed by atoms with Crippen molar-refractivity contribution in [3.05, 3.63) is 53.9 Å². The van der Waals surface area contributed by atoms with Crippen LogP contribution in [0.5, 0.6) is 0 Å². The van der Waals surface area contributed by atoms with Gasteiger partial charge < -0.3 is 10.4 Å². The minimum Gasteiger partial charge on any atom is -0.481 e. The molecule has 2 N–H and O–H groups in total. The van der Waals surface area contributed by atoms with E-state index in [1.165, 1.54) is 0 Å². The van der Waals surface area contributed by atoms with Gasteiger partial charge in [0.15, 0.2) is 0 Å². The van der Waals surface area contributed by atoms with Crippen LogP contribution in [0, 0.1) is 5.92 Å². The Bertz CT molecular complexity index is 690. The lowest BCUT2D eigenvalue weighted by Gasteiger charge is -2.16. The van der Waals surface area contributed by atoms with Crippen molar-refractivity contribution < 1.29 is 9.90 Å². The van der Waals surface area contributed by atoms with Crippen LogP contribution in [0.4, 0.5) is 5.95 Å². The van der Waals surface area contributed by atoms with E-state index in [2.05, 4.69) is 27.1 Å². The minimum atomic E-state index is -0.730. The van der Waals surface area contributed by atoms with Gasteiger partial charge in [0.1, 0.15) is 0 Å². The molecule has 0 radical (unpaired) electrons. The van der Waals surface area contributed by atoms with Gasteiger partial charge in [0, 0.05) is 50.1 Å².